The van der Waals surface area contributed by atoms with Gasteiger partial charge in [0.05, 0.1) is 0 Å². The zero-order valence-corrected chi connectivity index (χ0v) is 12.6. The number of carbonyl (C=O) groups excluding carboxylic acids is 3. The Labute approximate surface area is 125 Å². The highest BCUT2D eigenvalue weighted by Crippen LogP contribution is 2.35. The molecule has 0 radical (unpaired) electrons. The molecule has 21 heavy (non-hydrogen) atoms. The predicted molar refractivity (Wildman–Crippen MR) is 77.2 cm³/mol. The molecule has 2 saturated carbocycles. The Morgan fingerprint density at radius 2 is 1.81 bits per heavy atom. The molecule has 3 fully saturated rings. The summed E-state index contributed by atoms with van der Waals surface area (Å²) in [6.07, 6.45) is 7.31. The molecule has 3 unspecified atom stereocenters. The fourth-order valence-corrected chi connectivity index (χ4v) is 4.26. The summed E-state index contributed by atoms with van der Waals surface area (Å²) in [6.45, 7) is 2.69. The monoisotopic (exact) mass is 292 g/mol. The van der Waals surface area contributed by atoms with E-state index >= 15 is 0 Å². The van der Waals surface area contributed by atoms with Gasteiger partial charge in [-0.25, -0.2) is 4.79 Å². The largest absolute Gasteiger partial charge is 0.330 e. The van der Waals surface area contributed by atoms with Crippen molar-refractivity contribution >= 4 is 17.8 Å². The molecule has 0 bridgehead atoms. The first-order valence-corrected chi connectivity index (χ1v) is 8.22. The Morgan fingerprint density at radius 3 is 2.43 bits per heavy atom. The quantitative estimate of drug-likeness (QED) is 0.812. The van der Waals surface area contributed by atoms with E-state index in [9.17, 15) is 14.4 Å². The standard InChI is InChI=1S/C16H24N2O3/c1-10-6-7-11(8-10)9-18-15(20)13(12-4-2-3-5-12)14(19)17-16(18)21/h10-13H,2-9H2,1H3,(H,17,19,21). The summed E-state index contributed by atoms with van der Waals surface area (Å²) in [7, 11) is 0. The van der Waals surface area contributed by atoms with Gasteiger partial charge in [-0.1, -0.05) is 26.2 Å². The first-order valence-electron chi connectivity index (χ1n) is 8.22. The lowest BCUT2D eigenvalue weighted by atomic mass is 9.87. The van der Waals surface area contributed by atoms with E-state index < -0.39 is 11.9 Å². The van der Waals surface area contributed by atoms with Crippen LogP contribution in [0.2, 0.25) is 0 Å². The van der Waals surface area contributed by atoms with E-state index in [1.54, 1.807) is 0 Å². The molecule has 4 amide bonds. The van der Waals surface area contributed by atoms with Crippen LogP contribution < -0.4 is 5.32 Å². The van der Waals surface area contributed by atoms with Crippen LogP contribution in [-0.2, 0) is 9.59 Å². The summed E-state index contributed by atoms with van der Waals surface area (Å²) in [5.74, 6) is -0.0832. The average Bonchev–Trinajstić information content (AvgIpc) is 3.06. The summed E-state index contributed by atoms with van der Waals surface area (Å²) in [6, 6.07) is -0.515. The van der Waals surface area contributed by atoms with Gasteiger partial charge in [0.25, 0.3) is 0 Å². The van der Waals surface area contributed by atoms with Crippen molar-refractivity contribution in [1.82, 2.24) is 10.2 Å². The highest BCUT2D eigenvalue weighted by atomic mass is 16.2. The third-order valence-electron chi connectivity index (χ3n) is 5.41. The number of amides is 4. The fourth-order valence-electron chi connectivity index (χ4n) is 4.26. The Balaban J connectivity index is 1.71. The van der Waals surface area contributed by atoms with Crippen molar-refractivity contribution in [1.29, 1.82) is 0 Å². The third-order valence-corrected chi connectivity index (χ3v) is 5.41. The molecule has 1 N–H and O–H groups in total. The smallest absolute Gasteiger partial charge is 0.277 e. The van der Waals surface area contributed by atoms with Gasteiger partial charge in [-0.05, 0) is 43.4 Å². The maximum Gasteiger partial charge on any atom is 0.330 e. The molecule has 3 aliphatic rings. The summed E-state index contributed by atoms with van der Waals surface area (Å²) in [4.78, 5) is 38.0. The number of nitrogens with zero attached hydrogens (tertiary/aromatic N) is 1. The summed E-state index contributed by atoms with van der Waals surface area (Å²) >= 11 is 0. The molecule has 5 heteroatoms. The van der Waals surface area contributed by atoms with Gasteiger partial charge in [0.2, 0.25) is 11.8 Å². The number of carbonyl (C=O) groups is 3. The Kier molecular flexibility index (Phi) is 4.00. The van der Waals surface area contributed by atoms with E-state index in [0.29, 0.717) is 18.4 Å². The molecule has 3 rings (SSSR count). The molecule has 0 aromatic carbocycles. The molecule has 5 nitrogen and oxygen atoms in total. The van der Waals surface area contributed by atoms with Gasteiger partial charge in [0.1, 0.15) is 5.92 Å². The summed E-state index contributed by atoms with van der Waals surface area (Å²) < 4.78 is 0. The van der Waals surface area contributed by atoms with Crippen molar-refractivity contribution < 1.29 is 14.4 Å². The minimum Gasteiger partial charge on any atom is -0.277 e. The second-order valence-electron chi connectivity index (χ2n) is 7.05. The van der Waals surface area contributed by atoms with Crippen molar-refractivity contribution in [2.75, 3.05) is 6.54 Å². The molecule has 0 spiro atoms. The number of rotatable bonds is 3. The van der Waals surface area contributed by atoms with Crippen LogP contribution in [0.15, 0.2) is 0 Å². The fraction of sp³-hybridized carbons (Fsp3) is 0.812. The molecule has 0 aromatic heterocycles. The minimum absolute atomic E-state index is 0.121. The highest BCUT2D eigenvalue weighted by Gasteiger charge is 2.45. The zero-order chi connectivity index (χ0) is 15.0. The van der Waals surface area contributed by atoms with E-state index in [0.717, 1.165) is 38.5 Å². The first kappa shape index (κ1) is 14.5. The van der Waals surface area contributed by atoms with Crippen molar-refractivity contribution in [3.8, 4) is 0 Å². The summed E-state index contributed by atoms with van der Waals surface area (Å²) in [5, 5.41) is 2.40. The number of hydrogen-bond acceptors (Lipinski definition) is 3. The van der Waals surface area contributed by atoms with Crippen LogP contribution in [0.25, 0.3) is 0 Å². The molecule has 0 aromatic rings. The molecular weight excluding hydrogens is 268 g/mol. The number of imide groups is 2. The Bertz CT molecular complexity index is 456. The van der Waals surface area contributed by atoms with Gasteiger partial charge >= 0.3 is 6.03 Å². The van der Waals surface area contributed by atoms with E-state index in [2.05, 4.69) is 12.2 Å². The first-order chi connectivity index (χ1) is 10.1. The Hall–Kier alpha value is -1.39. The number of nitrogens with one attached hydrogen (secondary N) is 1. The van der Waals surface area contributed by atoms with Gasteiger partial charge < -0.3 is 0 Å². The second kappa shape index (κ2) is 5.78. The van der Waals surface area contributed by atoms with E-state index in [4.69, 9.17) is 0 Å². The Morgan fingerprint density at radius 1 is 1.10 bits per heavy atom. The lowest BCUT2D eigenvalue weighted by Gasteiger charge is -2.34. The van der Waals surface area contributed by atoms with Crippen LogP contribution in [-0.4, -0.2) is 29.3 Å². The lowest BCUT2D eigenvalue weighted by molar-refractivity contribution is -0.145. The van der Waals surface area contributed by atoms with Crippen molar-refractivity contribution in [2.45, 2.75) is 51.9 Å². The lowest BCUT2D eigenvalue weighted by Crippen LogP contribution is -2.60. The molecule has 1 aliphatic heterocycles. The molecule has 2 aliphatic carbocycles. The van der Waals surface area contributed by atoms with Gasteiger partial charge in [-0.2, -0.15) is 0 Å². The van der Waals surface area contributed by atoms with E-state index in [1.807, 2.05) is 0 Å². The molecule has 1 heterocycles. The topological polar surface area (TPSA) is 66.5 Å². The van der Waals surface area contributed by atoms with E-state index in [1.165, 1.54) is 11.3 Å². The second-order valence-corrected chi connectivity index (χ2v) is 7.05. The number of urea groups is 1. The van der Waals surface area contributed by atoms with Crippen LogP contribution in [0.4, 0.5) is 4.79 Å². The van der Waals surface area contributed by atoms with Gasteiger partial charge in [-0.3, -0.25) is 19.8 Å². The van der Waals surface area contributed by atoms with Crippen LogP contribution in [0, 0.1) is 23.7 Å². The number of barbiturate groups is 1. The molecular formula is C16H24N2O3. The highest BCUT2D eigenvalue weighted by molar-refractivity contribution is 6.16. The normalized spacial score (nSPS) is 34.6. The van der Waals surface area contributed by atoms with Crippen LogP contribution >= 0.6 is 0 Å². The van der Waals surface area contributed by atoms with Crippen LogP contribution in [0.1, 0.15) is 51.9 Å². The van der Waals surface area contributed by atoms with Crippen molar-refractivity contribution in [3.05, 3.63) is 0 Å². The van der Waals surface area contributed by atoms with Crippen LogP contribution in [0.5, 0.6) is 0 Å². The van der Waals surface area contributed by atoms with E-state index in [-0.39, 0.29) is 17.7 Å². The third kappa shape index (κ3) is 2.83. The predicted octanol–water partition coefficient (Wildman–Crippen LogP) is 2.31. The van der Waals surface area contributed by atoms with Gasteiger partial charge in [0.15, 0.2) is 0 Å². The van der Waals surface area contributed by atoms with Crippen LogP contribution in [0.3, 0.4) is 0 Å². The minimum atomic E-state index is -0.635. The average molecular weight is 292 g/mol. The maximum atomic E-state index is 12.6. The number of hydrogen-bond donors (Lipinski definition) is 1. The van der Waals surface area contributed by atoms with Gasteiger partial charge in [0, 0.05) is 6.54 Å². The molecule has 3 atom stereocenters. The SMILES string of the molecule is CC1CCC(CN2C(=O)NC(=O)C(C3CCCC3)C2=O)C1. The van der Waals surface area contributed by atoms with Crippen molar-refractivity contribution in [3.63, 3.8) is 0 Å². The maximum absolute atomic E-state index is 12.6. The molecule has 1 saturated heterocycles. The van der Waals surface area contributed by atoms with Gasteiger partial charge in [-0.15, -0.1) is 0 Å². The molecule has 116 valence electrons. The van der Waals surface area contributed by atoms with Crippen molar-refractivity contribution in [2.24, 2.45) is 23.7 Å². The summed E-state index contributed by atoms with van der Waals surface area (Å²) in [5.41, 5.74) is 0. The zero-order valence-electron chi connectivity index (χ0n) is 12.6.